The van der Waals surface area contributed by atoms with Crippen LogP contribution in [-0.2, 0) is 0 Å². The number of carbonyl (C=O) groups excluding carboxylic acids is 1. The van der Waals surface area contributed by atoms with Gasteiger partial charge >= 0.3 is 0 Å². The maximum absolute atomic E-state index is 13.3. The van der Waals surface area contributed by atoms with E-state index in [-0.39, 0.29) is 5.69 Å². The van der Waals surface area contributed by atoms with Crippen molar-refractivity contribution in [3.05, 3.63) is 70.5 Å². The number of amides is 1. The molecule has 0 bridgehead atoms. The number of allylic oxidation sites excluding steroid dienone is 1. The third-order valence-electron chi connectivity index (χ3n) is 4.37. The van der Waals surface area contributed by atoms with Crippen molar-refractivity contribution in [3.63, 3.8) is 0 Å². The number of nitrogens with one attached hydrogen (secondary N) is 1. The van der Waals surface area contributed by atoms with Crippen LogP contribution >= 0.6 is 23.4 Å². The van der Waals surface area contributed by atoms with Crippen molar-refractivity contribution in [2.45, 2.75) is 35.8 Å². The number of thioether (sulfide) groups is 1. The molecule has 0 aliphatic heterocycles. The van der Waals surface area contributed by atoms with Crippen molar-refractivity contribution in [2.75, 3.05) is 5.32 Å². The van der Waals surface area contributed by atoms with Gasteiger partial charge in [-0.25, -0.2) is 13.2 Å². The van der Waals surface area contributed by atoms with Gasteiger partial charge in [-0.05, 0) is 43.9 Å². The first-order chi connectivity index (χ1) is 12.8. The lowest BCUT2D eigenvalue weighted by Gasteiger charge is -2.23. The molecule has 0 aromatic heterocycles. The molecule has 0 atom stereocenters. The first-order valence-electron chi connectivity index (χ1n) is 8.42. The van der Waals surface area contributed by atoms with E-state index in [1.54, 1.807) is 23.9 Å². The van der Waals surface area contributed by atoms with E-state index < -0.39 is 23.4 Å². The van der Waals surface area contributed by atoms with Gasteiger partial charge in [0.1, 0.15) is 0 Å². The van der Waals surface area contributed by atoms with Gasteiger partial charge in [-0.3, -0.25) is 4.79 Å². The number of rotatable bonds is 4. The molecule has 0 unspecified atom stereocenters. The quantitative estimate of drug-likeness (QED) is 0.453. The van der Waals surface area contributed by atoms with Gasteiger partial charge in [-0.15, -0.1) is 11.8 Å². The van der Waals surface area contributed by atoms with Crippen LogP contribution in [0.25, 0.3) is 0 Å². The van der Waals surface area contributed by atoms with Crippen molar-refractivity contribution in [1.29, 1.82) is 0 Å². The number of benzene rings is 2. The molecule has 1 aliphatic rings. The molecule has 2 nitrogen and oxygen atoms in total. The second-order valence-electron chi connectivity index (χ2n) is 6.42. The number of halogens is 4. The summed E-state index contributed by atoms with van der Waals surface area (Å²) in [6, 6.07) is 6.27. The minimum Gasteiger partial charge on any atom is -0.322 e. The largest absolute Gasteiger partial charge is 0.322 e. The topological polar surface area (TPSA) is 29.1 Å². The summed E-state index contributed by atoms with van der Waals surface area (Å²) < 4.78 is 39.6. The molecule has 1 N–H and O–H groups in total. The Balaban J connectivity index is 1.74. The highest BCUT2D eigenvalue weighted by Crippen LogP contribution is 2.38. The van der Waals surface area contributed by atoms with Crippen LogP contribution in [0.3, 0.4) is 0 Å². The highest BCUT2D eigenvalue weighted by Gasteiger charge is 2.19. The highest BCUT2D eigenvalue weighted by molar-refractivity contribution is 8.00. The van der Waals surface area contributed by atoms with E-state index in [0.717, 1.165) is 42.7 Å². The summed E-state index contributed by atoms with van der Waals surface area (Å²) >= 11 is 7.87. The van der Waals surface area contributed by atoms with Gasteiger partial charge in [-0.2, -0.15) is 0 Å². The van der Waals surface area contributed by atoms with Crippen LogP contribution in [0.1, 0.15) is 36.0 Å². The van der Waals surface area contributed by atoms with E-state index in [2.05, 4.69) is 11.9 Å². The van der Waals surface area contributed by atoms with Crippen molar-refractivity contribution in [3.8, 4) is 0 Å². The summed E-state index contributed by atoms with van der Waals surface area (Å²) in [5, 5.41) is 3.31. The molecule has 0 saturated heterocycles. The molecule has 1 aliphatic carbocycles. The summed E-state index contributed by atoms with van der Waals surface area (Å²) in [4.78, 5) is 13.2. The van der Waals surface area contributed by atoms with Gasteiger partial charge in [0, 0.05) is 33.5 Å². The van der Waals surface area contributed by atoms with Crippen molar-refractivity contribution in [2.24, 2.45) is 0 Å². The van der Waals surface area contributed by atoms with Crippen LogP contribution in [0.4, 0.5) is 18.9 Å². The molecule has 1 saturated carbocycles. The lowest BCUT2D eigenvalue weighted by atomic mass is 9.96. The third-order valence-corrected chi connectivity index (χ3v) is 6.21. The van der Waals surface area contributed by atoms with E-state index in [9.17, 15) is 18.0 Å². The zero-order valence-electron chi connectivity index (χ0n) is 14.3. The number of anilines is 1. The Kier molecular flexibility index (Phi) is 6.17. The van der Waals surface area contributed by atoms with Gasteiger partial charge in [0.15, 0.2) is 17.5 Å². The molecule has 0 radical (unpaired) electrons. The van der Waals surface area contributed by atoms with E-state index in [1.807, 2.05) is 0 Å². The van der Waals surface area contributed by atoms with Crippen molar-refractivity contribution >= 4 is 35.0 Å². The van der Waals surface area contributed by atoms with E-state index >= 15 is 0 Å². The third kappa shape index (κ3) is 4.87. The fourth-order valence-corrected chi connectivity index (χ4v) is 4.32. The lowest BCUT2D eigenvalue weighted by molar-refractivity contribution is 0.102. The Hall–Kier alpha value is -1.92. The smallest absolute Gasteiger partial charge is 0.255 e. The van der Waals surface area contributed by atoms with Gasteiger partial charge in [0.25, 0.3) is 5.91 Å². The molecular weight excluding hydrogens is 395 g/mol. The van der Waals surface area contributed by atoms with Gasteiger partial charge in [0.05, 0.1) is 5.02 Å². The zero-order valence-corrected chi connectivity index (χ0v) is 15.9. The maximum atomic E-state index is 13.3. The maximum Gasteiger partial charge on any atom is 0.255 e. The minimum absolute atomic E-state index is 0.161. The summed E-state index contributed by atoms with van der Waals surface area (Å²) in [6.07, 6.45) is 3.98. The molecule has 142 valence electrons. The summed E-state index contributed by atoms with van der Waals surface area (Å²) in [6.45, 7) is 4.00. The Morgan fingerprint density at radius 1 is 1.11 bits per heavy atom. The van der Waals surface area contributed by atoms with Gasteiger partial charge in [-0.1, -0.05) is 23.8 Å². The van der Waals surface area contributed by atoms with Crippen LogP contribution in [0, 0.1) is 17.5 Å². The number of hydrogen-bond acceptors (Lipinski definition) is 2. The molecule has 2 aromatic carbocycles. The molecule has 7 heteroatoms. The van der Waals surface area contributed by atoms with Crippen LogP contribution < -0.4 is 5.32 Å². The Morgan fingerprint density at radius 2 is 1.74 bits per heavy atom. The average Bonchev–Trinajstić information content (AvgIpc) is 2.63. The number of hydrogen-bond donors (Lipinski definition) is 1. The predicted octanol–water partition coefficient (Wildman–Crippen LogP) is 6.60. The Labute approximate surface area is 164 Å². The average molecular weight is 412 g/mol. The normalized spacial score (nSPS) is 15.0. The Bertz CT molecular complexity index is 870. The highest BCUT2D eigenvalue weighted by atomic mass is 35.5. The second-order valence-corrected chi connectivity index (χ2v) is 8.17. The molecule has 0 heterocycles. The first-order valence-corrected chi connectivity index (χ1v) is 9.68. The molecule has 3 rings (SSSR count). The predicted molar refractivity (Wildman–Crippen MR) is 103 cm³/mol. The minimum atomic E-state index is -1.58. The molecule has 1 amide bonds. The zero-order chi connectivity index (χ0) is 19.6. The fourth-order valence-electron chi connectivity index (χ4n) is 2.86. The summed E-state index contributed by atoms with van der Waals surface area (Å²) in [5.74, 6) is -4.86. The fraction of sp³-hybridized carbons (Fsp3) is 0.250. The van der Waals surface area contributed by atoms with Crippen LogP contribution in [0.5, 0.6) is 0 Å². The van der Waals surface area contributed by atoms with Crippen molar-refractivity contribution < 1.29 is 18.0 Å². The number of carbonyl (C=O) groups is 1. The molecular formula is C20H17ClF3NOS. The van der Waals surface area contributed by atoms with Crippen molar-refractivity contribution in [1.82, 2.24) is 0 Å². The Morgan fingerprint density at radius 3 is 2.37 bits per heavy atom. The van der Waals surface area contributed by atoms with E-state index in [4.69, 9.17) is 11.6 Å². The standard InChI is InChI=1S/C20H17ClF3NOS/c1-11-2-5-14(6-3-11)27-18-8-12(4-7-15(18)21)20(26)25-13-9-16(22)19(24)17(23)10-13/h4,7-10,14H,1-3,5-6H2,(H,25,26). The van der Waals surface area contributed by atoms with E-state index in [0.29, 0.717) is 15.8 Å². The summed E-state index contributed by atoms with van der Waals surface area (Å²) in [7, 11) is 0. The van der Waals surface area contributed by atoms with Gasteiger partial charge < -0.3 is 5.32 Å². The van der Waals surface area contributed by atoms with Gasteiger partial charge in [0.2, 0.25) is 0 Å². The van der Waals surface area contributed by atoms with Crippen LogP contribution in [0.15, 0.2) is 47.4 Å². The molecule has 2 aromatic rings. The van der Waals surface area contributed by atoms with Crippen LogP contribution in [-0.4, -0.2) is 11.2 Å². The first kappa shape index (κ1) is 19.8. The monoisotopic (exact) mass is 411 g/mol. The molecule has 1 fully saturated rings. The SMILES string of the molecule is C=C1CCC(Sc2cc(C(=O)Nc3cc(F)c(F)c(F)c3)ccc2Cl)CC1. The molecule has 0 spiro atoms. The summed E-state index contributed by atoms with van der Waals surface area (Å²) in [5.41, 5.74) is 1.39. The lowest BCUT2D eigenvalue weighted by Crippen LogP contribution is -2.13. The van der Waals surface area contributed by atoms with Crippen LogP contribution in [0.2, 0.25) is 5.02 Å². The van der Waals surface area contributed by atoms with E-state index in [1.165, 1.54) is 11.6 Å². The molecule has 27 heavy (non-hydrogen) atoms. The second kappa shape index (κ2) is 8.40.